The Hall–Kier alpha value is -2.07. The SMILES string of the molecule is Cc1[nH]c2ccccc2c1-c1cnc(CCC(C)N)[nH]1. The van der Waals surface area contributed by atoms with E-state index in [1.807, 2.05) is 19.2 Å². The number of aromatic nitrogens is 3. The van der Waals surface area contributed by atoms with Crippen LogP contribution in [0.15, 0.2) is 30.5 Å². The maximum absolute atomic E-state index is 5.79. The minimum absolute atomic E-state index is 0.207. The van der Waals surface area contributed by atoms with Gasteiger partial charge in [0.2, 0.25) is 0 Å². The summed E-state index contributed by atoms with van der Waals surface area (Å²) >= 11 is 0. The molecule has 0 amide bonds. The number of fused-ring (bicyclic) bond motifs is 1. The van der Waals surface area contributed by atoms with Crippen LogP contribution in [0.1, 0.15) is 24.9 Å². The summed E-state index contributed by atoms with van der Waals surface area (Å²) in [4.78, 5) is 11.3. The van der Waals surface area contributed by atoms with Gasteiger partial charge in [0.25, 0.3) is 0 Å². The smallest absolute Gasteiger partial charge is 0.106 e. The monoisotopic (exact) mass is 268 g/mol. The second-order valence-electron chi connectivity index (χ2n) is 5.43. The van der Waals surface area contributed by atoms with Gasteiger partial charge in [0.15, 0.2) is 0 Å². The summed E-state index contributed by atoms with van der Waals surface area (Å²) in [5, 5.41) is 1.23. The van der Waals surface area contributed by atoms with Crippen LogP contribution in [0.4, 0.5) is 0 Å². The molecule has 4 nitrogen and oxygen atoms in total. The van der Waals surface area contributed by atoms with Crippen LogP contribution in [0.2, 0.25) is 0 Å². The van der Waals surface area contributed by atoms with E-state index in [9.17, 15) is 0 Å². The predicted molar refractivity (Wildman–Crippen MR) is 82.6 cm³/mol. The predicted octanol–water partition coefficient (Wildman–Crippen LogP) is 3.15. The fraction of sp³-hybridized carbons (Fsp3) is 0.312. The number of nitrogens with one attached hydrogen (secondary N) is 2. The van der Waals surface area contributed by atoms with Gasteiger partial charge >= 0.3 is 0 Å². The van der Waals surface area contributed by atoms with Gasteiger partial charge in [-0.2, -0.15) is 0 Å². The normalized spacial score (nSPS) is 12.9. The Balaban J connectivity index is 1.97. The quantitative estimate of drug-likeness (QED) is 0.680. The van der Waals surface area contributed by atoms with Crippen LogP contribution < -0.4 is 5.73 Å². The van der Waals surface area contributed by atoms with Gasteiger partial charge in [0, 0.05) is 34.6 Å². The molecule has 104 valence electrons. The van der Waals surface area contributed by atoms with E-state index in [0.717, 1.165) is 35.6 Å². The summed E-state index contributed by atoms with van der Waals surface area (Å²) in [5.41, 5.74) is 10.4. The first kappa shape index (κ1) is 12.9. The number of hydrogen-bond donors (Lipinski definition) is 3. The second kappa shape index (κ2) is 5.13. The van der Waals surface area contributed by atoms with Crippen molar-refractivity contribution in [3.8, 4) is 11.3 Å². The van der Waals surface area contributed by atoms with Crippen molar-refractivity contribution in [2.45, 2.75) is 32.7 Å². The maximum Gasteiger partial charge on any atom is 0.106 e. The lowest BCUT2D eigenvalue weighted by Crippen LogP contribution is -2.15. The zero-order valence-electron chi connectivity index (χ0n) is 11.9. The van der Waals surface area contributed by atoms with E-state index in [1.54, 1.807) is 0 Å². The van der Waals surface area contributed by atoms with Crippen LogP contribution in [-0.4, -0.2) is 21.0 Å². The first-order valence-electron chi connectivity index (χ1n) is 7.02. The van der Waals surface area contributed by atoms with Crippen molar-refractivity contribution in [1.29, 1.82) is 0 Å². The summed E-state index contributed by atoms with van der Waals surface area (Å²) < 4.78 is 0. The summed E-state index contributed by atoms with van der Waals surface area (Å²) in [6.45, 7) is 4.12. The zero-order valence-corrected chi connectivity index (χ0v) is 11.9. The molecule has 0 saturated carbocycles. The van der Waals surface area contributed by atoms with Crippen LogP contribution in [0.5, 0.6) is 0 Å². The molecule has 4 N–H and O–H groups in total. The number of nitrogens with two attached hydrogens (primary N) is 1. The van der Waals surface area contributed by atoms with Gasteiger partial charge < -0.3 is 15.7 Å². The number of hydrogen-bond acceptors (Lipinski definition) is 2. The van der Waals surface area contributed by atoms with Crippen LogP contribution in [0.3, 0.4) is 0 Å². The third-order valence-corrected chi connectivity index (χ3v) is 3.63. The lowest BCUT2D eigenvalue weighted by molar-refractivity contribution is 0.652. The van der Waals surface area contributed by atoms with E-state index < -0.39 is 0 Å². The number of para-hydroxylation sites is 1. The minimum Gasteiger partial charge on any atom is -0.358 e. The number of imidazole rings is 1. The Bertz CT molecular complexity index is 721. The number of H-pyrrole nitrogens is 2. The largest absolute Gasteiger partial charge is 0.358 e. The van der Waals surface area contributed by atoms with Gasteiger partial charge in [-0.15, -0.1) is 0 Å². The van der Waals surface area contributed by atoms with Crippen LogP contribution in [0, 0.1) is 6.92 Å². The van der Waals surface area contributed by atoms with Crippen LogP contribution >= 0.6 is 0 Å². The minimum atomic E-state index is 0.207. The average molecular weight is 268 g/mol. The molecule has 4 heteroatoms. The first-order valence-corrected chi connectivity index (χ1v) is 7.02. The third kappa shape index (κ3) is 2.34. The number of benzene rings is 1. The highest BCUT2D eigenvalue weighted by Crippen LogP contribution is 2.30. The van der Waals surface area contributed by atoms with Gasteiger partial charge in [0.1, 0.15) is 5.82 Å². The molecule has 0 bridgehead atoms. The Morgan fingerprint density at radius 3 is 2.85 bits per heavy atom. The summed E-state index contributed by atoms with van der Waals surface area (Å²) in [6, 6.07) is 8.55. The highest BCUT2D eigenvalue weighted by Gasteiger charge is 2.12. The Morgan fingerprint density at radius 1 is 1.25 bits per heavy atom. The van der Waals surface area contributed by atoms with E-state index >= 15 is 0 Å². The Labute approximate surface area is 118 Å². The summed E-state index contributed by atoms with van der Waals surface area (Å²) in [5.74, 6) is 1.00. The Kier molecular flexibility index (Phi) is 3.32. The maximum atomic E-state index is 5.79. The van der Waals surface area contributed by atoms with Gasteiger partial charge in [-0.3, -0.25) is 0 Å². The molecule has 3 aromatic rings. The van der Waals surface area contributed by atoms with E-state index in [2.05, 4.69) is 40.1 Å². The van der Waals surface area contributed by atoms with Crippen molar-refractivity contribution in [3.05, 3.63) is 42.0 Å². The molecule has 0 aliphatic carbocycles. The van der Waals surface area contributed by atoms with Crippen molar-refractivity contribution in [2.75, 3.05) is 0 Å². The van der Waals surface area contributed by atoms with Crippen molar-refractivity contribution in [3.63, 3.8) is 0 Å². The molecule has 1 unspecified atom stereocenters. The molecule has 2 aromatic heterocycles. The fourth-order valence-electron chi connectivity index (χ4n) is 2.60. The molecule has 1 atom stereocenters. The molecular weight excluding hydrogens is 248 g/mol. The summed E-state index contributed by atoms with van der Waals surface area (Å²) in [6.07, 6.45) is 3.75. The standard InChI is InChI=1S/C16H20N4/c1-10(17)7-8-15-18-9-14(20-15)16-11(2)19-13-6-4-3-5-12(13)16/h3-6,9-10,19H,7-8,17H2,1-2H3,(H,18,20). The van der Waals surface area contributed by atoms with Gasteiger partial charge in [-0.25, -0.2) is 4.98 Å². The molecular formula is C16H20N4. The lowest BCUT2D eigenvalue weighted by Gasteiger charge is -2.02. The molecule has 2 heterocycles. The van der Waals surface area contributed by atoms with Gasteiger partial charge in [-0.05, 0) is 26.3 Å². The number of rotatable bonds is 4. The van der Waals surface area contributed by atoms with Crippen molar-refractivity contribution < 1.29 is 0 Å². The highest BCUT2D eigenvalue weighted by molar-refractivity contribution is 5.96. The van der Waals surface area contributed by atoms with Gasteiger partial charge in [-0.1, -0.05) is 18.2 Å². The second-order valence-corrected chi connectivity index (χ2v) is 5.43. The molecule has 0 aliphatic heterocycles. The molecule has 20 heavy (non-hydrogen) atoms. The molecule has 0 saturated heterocycles. The topological polar surface area (TPSA) is 70.5 Å². The number of aromatic amines is 2. The molecule has 0 spiro atoms. The highest BCUT2D eigenvalue weighted by atomic mass is 14.9. The average Bonchev–Trinajstić information content (AvgIpc) is 2.99. The van der Waals surface area contributed by atoms with E-state index in [1.165, 1.54) is 10.9 Å². The lowest BCUT2D eigenvalue weighted by atomic mass is 10.1. The molecule has 1 aromatic carbocycles. The first-order chi connectivity index (χ1) is 9.65. The fourth-order valence-corrected chi connectivity index (χ4v) is 2.60. The van der Waals surface area contributed by atoms with Crippen LogP contribution in [-0.2, 0) is 6.42 Å². The molecule has 0 radical (unpaired) electrons. The molecule has 0 fully saturated rings. The van der Waals surface area contributed by atoms with E-state index in [0.29, 0.717) is 0 Å². The Morgan fingerprint density at radius 2 is 2.05 bits per heavy atom. The van der Waals surface area contributed by atoms with Crippen LogP contribution in [0.25, 0.3) is 22.2 Å². The molecule has 3 rings (SSSR count). The van der Waals surface area contributed by atoms with Gasteiger partial charge in [0.05, 0.1) is 11.9 Å². The van der Waals surface area contributed by atoms with E-state index in [4.69, 9.17) is 5.73 Å². The molecule has 0 aliphatic rings. The van der Waals surface area contributed by atoms with Crippen molar-refractivity contribution >= 4 is 10.9 Å². The number of aryl methyl sites for hydroxylation is 2. The number of nitrogens with zero attached hydrogens (tertiary/aromatic N) is 1. The van der Waals surface area contributed by atoms with Crippen molar-refractivity contribution in [1.82, 2.24) is 15.0 Å². The zero-order chi connectivity index (χ0) is 14.1. The summed E-state index contributed by atoms with van der Waals surface area (Å²) in [7, 11) is 0. The van der Waals surface area contributed by atoms with Crippen molar-refractivity contribution in [2.24, 2.45) is 5.73 Å². The van der Waals surface area contributed by atoms with E-state index in [-0.39, 0.29) is 6.04 Å². The third-order valence-electron chi connectivity index (χ3n) is 3.63.